The van der Waals surface area contributed by atoms with E-state index < -0.39 is 5.54 Å². The topological polar surface area (TPSA) is 76.4 Å². The molecule has 104 valence electrons. The lowest BCUT2D eigenvalue weighted by Crippen LogP contribution is -2.57. The van der Waals surface area contributed by atoms with Crippen molar-refractivity contribution in [2.45, 2.75) is 18.4 Å². The maximum Gasteiger partial charge on any atom is 0.319 e. The van der Waals surface area contributed by atoms with E-state index >= 15 is 0 Å². The first kappa shape index (κ1) is 13.8. The number of nitrogens with two attached hydrogens (primary N) is 1. The summed E-state index contributed by atoms with van der Waals surface area (Å²) in [6.07, 6.45) is 1.39. The summed E-state index contributed by atoms with van der Waals surface area (Å²) >= 11 is 0. The van der Waals surface area contributed by atoms with E-state index in [0.717, 1.165) is 0 Å². The average Bonchev–Trinajstić information content (AvgIpc) is 2.42. The lowest BCUT2D eigenvalue weighted by atomic mass is 9.90. The van der Waals surface area contributed by atoms with Crippen molar-refractivity contribution in [3.8, 4) is 0 Å². The van der Waals surface area contributed by atoms with E-state index in [4.69, 9.17) is 10.5 Å². The van der Waals surface area contributed by atoms with Crippen LogP contribution >= 0.6 is 0 Å². The Morgan fingerprint density at radius 2 is 1.95 bits per heavy atom. The molecule has 2 rings (SSSR count). The number of carbonyl (C=O) groups is 1. The largest absolute Gasteiger partial charge is 0.381 e. The smallest absolute Gasteiger partial charge is 0.319 e. The molecule has 2 amide bonds. The first-order chi connectivity index (χ1) is 9.13. The molecule has 0 unspecified atom stereocenters. The zero-order valence-corrected chi connectivity index (χ0v) is 10.6. The van der Waals surface area contributed by atoms with Gasteiger partial charge in [-0.05, 0) is 37.1 Å². The van der Waals surface area contributed by atoms with Crippen LogP contribution in [0.2, 0.25) is 0 Å². The minimum absolute atomic E-state index is 0.334. The van der Waals surface area contributed by atoms with Crippen molar-refractivity contribution in [2.24, 2.45) is 5.73 Å². The number of halogens is 1. The van der Waals surface area contributed by atoms with Gasteiger partial charge in [-0.15, -0.1) is 0 Å². The van der Waals surface area contributed by atoms with E-state index in [2.05, 4.69) is 10.6 Å². The highest BCUT2D eigenvalue weighted by Crippen LogP contribution is 2.19. The lowest BCUT2D eigenvalue weighted by Gasteiger charge is -2.36. The number of amides is 2. The van der Waals surface area contributed by atoms with E-state index in [0.29, 0.717) is 38.3 Å². The highest BCUT2D eigenvalue weighted by Gasteiger charge is 2.32. The van der Waals surface area contributed by atoms with E-state index in [1.54, 1.807) is 0 Å². The fourth-order valence-corrected chi connectivity index (χ4v) is 2.08. The lowest BCUT2D eigenvalue weighted by molar-refractivity contribution is 0.0463. The van der Waals surface area contributed by atoms with Gasteiger partial charge in [0.1, 0.15) is 5.82 Å². The fourth-order valence-electron chi connectivity index (χ4n) is 2.08. The number of hydrogen-bond acceptors (Lipinski definition) is 3. The molecule has 5 nitrogen and oxygen atoms in total. The highest BCUT2D eigenvalue weighted by molar-refractivity contribution is 5.89. The number of hydrogen-bond donors (Lipinski definition) is 3. The summed E-state index contributed by atoms with van der Waals surface area (Å²) < 4.78 is 18.0. The van der Waals surface area contributed by atoms with Crippen LogP contribution in [-0.2, 0) is 4.74 Å². The van der Waals surface area contributed by atoms with Crippen LogP contribution in [0.25, 0.3) is 0 Å². The molecule has 19 heavy (non-hydrogen) atoms. The van der Waals surface area contributed by atoms with E-state index in [1.807, 2.05) is 0 Å². The van der Waals surface area contributed by atoms with Crippen molar-refractivity contribution in [3.05, 3.63) is 30.1 Å². The van der Waals surface area contributed by atoms with E-state index in [1.165, 1.54) is 24.3 Å². The van der Waals surface area contributed by atoms with Crippen LogP contribution in [0.3, 0.4) is 0 Å². The first-order valence-electron chi connectivity index (χ1n) is 6.26. The van der Waals surface area contributed by atoms with Crippen molar-refractivity contribution < 1.29 is 13.9 Å². The van der Waals surface area contributed by atoms with Gasteiger partial charge in [-0.25, -0.2) is 9.18 Å². The third kappa shape index (κ3) is 3.65. The number of nitrogens with one attached hydrogen (secondary N) is 2. The van der Waals surface area contributed by atoms with Crippen molar-refractivity contribution in [1.29, 1.82) is 0 Å². The molecule has 1 heterocycles. The molecule has 1 aromatic carbocycles. The Morgan fingerprint density at radius 3 is 2.53 bits per heavy atom. The minimum atomic E-state index is -0.414. The minimum Gasteiger partial charge on any atom is -0.381 e. The van der Waals surface area contributed by atoms with Gasteiger partial charge in [0.25, 0.3) is 0 Å². The number of urea groups is 1. The van der Waals surface area contributed by atoms with Gasteiger partial charge in [0.05, 0.1) is 5.54 Å². The summed E-state index contributed by atoms with van der Waals surface area (Å²) in [6, 6.07) is 5.27. The average molecular weight is 267 g/mol. The predicted molar refractivity (Wildman–Crippen MR) is 70.4 cm³/mol. The Labute approximate surface area is 111 Å². The Hall–Kier alpha value is -1.66. The molecule has 1 fully saturated rings. The van der Waals surface area contributed by atoms with E-state index in [9.17, 15) is 9.18 Å². The number of carbonyl (C=O) groups excluding carboxylic acids is 1. The first-order valence-corrected chi connectivity index (χ1v) is 6.26. The SMILES string of the molecule is NCC1(NC(=O)Nc2ccc(F)cc2)CCOCC1. The third-order valence-electron chi connectivity index (χ3n) is 3.32. The molecule has 0 spiro atoms. The molecule has 1 saturated heterocycles. The maximum absolute atomic E-state index is 12.8. The van der Waals surface area contributed by atoms with Crippen LogP contribution < -0.4 is 16.4 Å². The van der Waals surface area contributed by atoms with Crippen molar-refractivity contribution in [2.75, 3.05) is 25.1 Å². The van der Waals surface area contributed by atoms with Gasteiger partial charge >= 0.3 is 6.03 Å². The number of benzene rings is 1. The molecular weight excluding hydrogens is 249 g/mol. The number of ether oxygens (including phenoxy) is 1. The van der Waals surface area contributed by atoms with Gasteiger partial charge in [0, 0.05) is 25.4 Å². The van der Waals surface area contributed by atoms with Gasteiger partial charge in [-0.2, -0.15) is 0 Å². The Kier molecular flexibility index (Phi) is 4.34. The molecule has 1 aromatic rings. The van der Waals surface area contributed by atoms with Crippen LogP contribution in [-0.4, -0.2) is 31.3 Å². The molecule has 0 atom stereocenters. The second-order valence-electron chi connectivity index (χ2n) is 4.68. The molecule has 1 aliphatic rings. The normalized spacial score (nSPS) is 17.8. The predicted octanol–water partition coefficient (Wildman–Crippen LogP) is 1.46. The molecule has 0 aromatic heterocycles. The summed E-state index contributed by atoms with van der Waals surface area (Å²) in [6.45, 7) is 1.55. The Bertz CT molecular complexity index is 430. The van der Waals surface area contributed by atoms with Crippen molar-refractivity contribution >= 4 is 11.7 Å². The molecule has 1 aliphatic heterocycles. The fraction of sp³-hybridized carbons (Fsp3) is 0.462. The Balaban J connectivity index is 1.94. The number of anilines is 1. The van der Waals surface area contributed by atoms with Crippen LogP contribution in [0.5, 0.6) is 0 Å². The van der Waals surface area contributed by atoms with Gasteiger partial charge in [0.2, 0.25) is 0 Å². The number of rotatable bonds is 3. The summed E-state index contributed by atoms with van der Waals surface area (Å²) in [5.41, 5.74) is 5.88. The van der Waals surface area contributed by atoms with Crippen LogP contribution in [0, 0.1) is 5.82 Å². The van der Waals surface area contributed by atoms with Crippen molar-refractivity contribution in [1.82, 2.24) is 5.32 Å². The summed E-state index contributed by atoms with van der Waals surface area (Å²) in [5.74, 6) is -0.339. The van der Waals surface area contributed by atoms with Gasteiger partial charge in [-0.3, -0.25) is 0 Å². The molecule has 6 heteroatoms. The molecule has 0 aliphatic carbocycles. The Morgan fingerprint density at radius 1 is 1.32 bits per heavy atom. The van der Waals surface area contributed by atoms with Gasteiger partial charge in [0.15, 0.2) is 0 Å². The molecule has 0 saturated carbocycles. The monoisotopic (exact) mass is 267 g/mol. The quantitative estimate of drug-likeness (QED) is 0.776. The van der Waals surface area contributed by atoms with Crippen LogP contribution in [0.15, 0.2) is 24.3 Å². The summed E-state index contributed by atoms with van der Waals surface area (Å²) in [4.78, 5) is 11.9. The molecule has 4 N–H and O–H groups in total. The van der Waals surface area contributed by atoms with Gasteiger partial charge < -0.3 is 21.1 Å². The summed E-state index contributed by atoms with van der Waals surface area (Å²) in [5, 5.41) is 5.56. The van der Waals surface area contributed by atoms with E-state index in [-0.39, 0.29) is 11.8 Å². The highest BCUT2D eigenvalue weighted by atomic mass is 19.1. The summed E-state index contributed by atoms with van der Waals surface area (Å²) in [7, 11) is 0. The maximum atomic E-state index is 12.8. The zero-order chi connectivity index (χ0) is 13.7. The van der Waals surface area contributed by atoms with Crippen LogP contribution in [0.4, 0.5) is 14.9 Å². The molecule has 0 radical (unpaired) electrons. The molecule has 0 bridgehead atoms. The third-order valence-corrected chi connectivity index (χ3v) is 3.32. The van der Waals surface area contributed by atoms with Crippen molar-refractivity contribution in [3.63, 3.8) is 0 Å². The standard InChI is InChI=1S/C13H18FN3O2/c14-10-1-3-11(4-2-10)16-12(18)17-13(9-15)5-7-19-8-6-13/h1-4H,5-9,15H2,(H2,16,17,18). The van der Waals surface area contributed by atoms with Crippen LogP contribution in [0.1, 0.15) is 12.8 Å². The molecular formula is C13H18FN3O2. The second kappa shape index (κ2) is 5.99. The zero-order valence-electron chi connectivity index (χ0n) is 10.6. The second-order valence-corrected chi connectivity index (χ2v) is 4.68. The van der Waals surface area contributed by atoms with Gasteiger partial charge in [-0.1, -0.05) is 0 Å².